The number of carbonyl (C=O) groups is 1. The van der Waals surface area contributed by atoms with Crippen LogP contribution in [0, 0.1) is 19.8 Å². The quantitative estimate of drug-likeness (QED) is 0.795. The molecule has 1 aliphatic heterocycles. The van der Waals surface area contributed by atoms with E-state index in [-0.39, 0.29) is 0 Å². The minimum atomic E-state index is 0.334. The van der Waals surface area contributed by atoms with Gasteiger partial charge in [-0.3, -0.25) is 4.79 Å². The molecule has 3 rings (SSSR count). The second kappa shape index (κ2) is 6.30. The molecule has 0 radical (unpaired) electrons. The van der Waals surface area contributed by atoms with E-state index in [0.717, 1.165) is 38.0 Å². The van der Waals surface area contributed by atoms with E-state index in [1.54, 1.807) is 0 Å². The first kappa shape index (κ1) is 14.8. The van der Waals surface area contributed by atoms with Crippen LogP contribution in [0.3, 0.4) is 0 Å². The SMILES string of the molecule is Cc1nc(C2CCCN(C(=O)CC3C=CCC3)C2)sc1C. The van der Waals surface area contributed by atoms with Crippen molar-refractivity contribution in [3.8, 4) is 0 Å². The monoisotopic (exact) mass is 304 g/mol. The zero-order valence-electron chi connectivity index (χ0n) is 13.0. The van der Waals surface area contributed by atoms with Gasteiger partial charge in [-0.25, -0.2) is 4.98 Å². The highest BCUT2D eigenvalue weighted by atomic mass is 32.1. The Hall–Kier alpha value is -1.16. The third-order valence-electron chi connectivity index (χ3n) is 4.72. The molecule has 4 heteroatoms. The predicted molar refractivity (Wildman–Crippen MR) is 86.6 cm³/mol. The number of hydrogen-bond acceptors (Lipinski definition) is 3. The maximum Gasteiger partial charge on any atom is 0.223 e. The standard InChI is InChI=1S/C17H24N2OS/c1-12-13(2)21-17(18-12)15-8-5-9-19(11-15)16(20)10-14-6-3-4-7-14/h3,6,14-15H,4-5,7-11H2,1-2H3. The molecule has 2 atom stereocenters. The van der Waals surface area contributed by atoms with Crippen LogP contribution in [0.2, 0.25) is 0 Å². The van der Waals surface area contributed by atoms with E-state index in [1.807, 2.05) is 11.3 Å². The van der Waals surface area contributed by atoms with Crippen LogP contribution in [0.4, 0.5) is 0 Å². The summed E-state index contributed by atoms with van der Waals surface area (Å²) >= 11 is 1.81. The number of aryl methyl sites for hydroxylation is 2. The largest absolute Gasteiger partial charge is 0.342 e. The highest BCUT2D eigenvalue weighted by Crippen LogP contribution is 2.32. The number of rotatable bonds is 3. The van der Waals surface area contributed by atoms with Crippen molar-refractivity contribution in [3.05, 3.63) is 27.7 Å². The number of hydrogen-bond donors (Lipinski definition) is 0. The first-order valence-corrected chi connectivity index (χ1v) is 8.83. The fourth-order valence-corrected chi connectivity index (χ4v) is 4.34. The Morgan fingerprint density at radius 3 is 2.95 bits per heavy atom. The number of aromatic nitrogens is 1. The summed E-state index contributed by atoms with van der Waals surface area (Å²) in [6, 6.07) is 0. The van der Waals surface area contributed by atoms with Crippen LogP contribution >= 0.6 is 11.3 Å². The third-order valence-corrected chi connectivity index (χ3v) is 5.95. The van der Waals surface area contributed by atoms with Gasteiger partial charge >= 0.3 is 0 Å². The number of likely N-dealkylation sites (tertiary alicyclic amines) is 1. The number of thiazole rings is 1. The van der Waals surface area contributed by atoms with Crippen molar-refractivity contribution in [2.45, 2.75) is 51.9 Å². The normalized spacial score (nSPS) is 25.5. The highest BCUT2D eigenvalue weighted by molar-refractivity contribution is 7.11. The first-order chi connectivity index (χ1) is 10.1. The molecule has 2 unspecified atom stereocenters. The summed E-state index contributed by atoms with van der Waals surface area (Å²) in [7, 11) is 0. The molecule has 1 aromatic heterocycles. The van der Waals surface area contributed by atoms with Crippen LogP contribution in [0.25, 0.3) is 0 Å². The van der Waals surface area contributed by atoms with Crippen LogP contribution in [0.5, 0.6) is 0 Å². The second-order valence-corrected chi connectivity index (χ2v) is 7.58. The summed E-state index contributed by atoms with van der Waals surface area (Å²) < 4.78 is 0. The fraction of sp³-hybridized carbons (Fsp3) is 0.647. The van der Waals surface area contributed by atoms with Gasteiger partial charge in [0.05, 0.1) is 10.7 Å². The maximum absolute atomic E-state index is 12.5. The van der Waals surface area contributed by atoms with Crippen LogP contribution in [-0.4, -0.2) is 28.9 Å². The minimum absolute atomic E-state index is 0.334. The van der Waals surface area contributed by atoms with E-state index in [9.17, 15) is 4.79 Å². The number of piperidine rings is 1. The van der Waals surface area contributed by atoms with Gasteiger partial charge in [-0.05, 0) is 45.4 Å². The molecule has 1 fully saturated rings. The maximum atomic E-state index is 12.5. The van der Waals surface area contributed by atoms with Crippen LogP contribution in [0.15, 0.2) is 12.2 Å². The second-order valence-electron chi connectivity index (χ2n) is 6.34. The van der Waals surface area contributed by atoms with Gasteiger partial charge in [0.1, 0.15) is 0 Å². The molecular formula is C17H24N2OS. The number of nitrogens with zero attached hydrogens (tertiary/aromatic N) is 2. The molecule has 3 nitrogen and oxygen atoms in total. The van der Waals surface area contributed by atoms with E-state index >= 15 is 0 Å². The Morgan fingerprint density at radius 2 is 2.29 bits per heavy atom. The van der Waals surface area contributed by atoms with E-state index in [2.05, 4.69) is 30.9 Å². The van der Waals surface area contributed by atoms with Gasteiger partial charge in [-0.15, -0.1) is 11.3 Å². The van der Waals surface area contributed by atoms with Crippen molar-refractivity contribution in [1.82, 2.24) is 9.88 Å². The predicted octanol–water partition coefficient (Wildman–Crippen LogP) is 3.82. The van der Waals surface area contributed by atoms with Gasteiger partial charge in [0.15, 0.2) is 0 Å². The summed E-state index contributed by atoms with van der Waals surface area (Å²) in [5.74, 6) is 1.25. The van der Waals surface area contributed by atoms with Gasteiger partial charge in [0, 0.05) is 30.3 Å². The lowest BCUT2D eigenvalue weighted by atomic mass is 9.97. The first-order valence-electron chi connectivity index (χ1n) is 8.02. The van der Waals surface area contributed by atoms with Crippen LogP contribution in [0.1, 0.15) is 53.6 Å². The third kappa shape index (κ3) is 3.37. The molecule has 21 heavy (non-hydrogen) atoms. The summed E-state index contributed by atoms with van der Waals surface area (Å²) in [6.45, 7) is 6.00. The van der Waals surface area contributed by atoms with E-state index < -0.39 is 0 Å². The van der Waals surface area contributed by atoms with Crippen molar-refractivity contribution < 1.29 is 4.79 Å². The summed E-state index contributed by atoms with van der Waals surface area (Å²) in [5, 5.41) is 1.23. The van der Waals surface area contributed by atoms with Crippen molar-refractivity contribution >= 4 is 17.2 Å². The summed E-state index contributed by atoms with van der Waals surface area (Å²) in [5.41, 5.74) is 1.15. The lowest BCUT2D eigenvalue weighted by molar-refractivity contribution is -0.133. The number of amides is 1. The molecule has 1 amide bonds. The average Bonchev–Trinajstić information content (AvgIpc) is 3.10. The number of allylic oxidation sites excluding steroid dienone is 2. The smallest absolute Gasteiger partial charge is 0.223 e. The molecule has 1 aliphatic carbocycles. The van der Waals surface area contributed by atoms with Crippen LogP contribution in [-0.2, 0) is 4.79 Å². The van der Waals surface area contributed by atoms with Crippen LogP contribution < -0.4 is 0 Å². The van der Waals surface area contributed by atoms with Gasteiger partial charge < -0.3 is 4.90 Å². The molecule has 1 aromatic rings. The summed E-state index contributed by atoms with van der Waals surface area (Å²) in [4.78, 5) is 20.6. The van der Waals surface area contributed by atoms with Gasteiger partial charge in [0.2, 0.25) is 5.91 Å². The summed E-state index contributed by atoms with van der Waals surface area (Å²) in [6.07, 6.45) is 9.67. The van der Waals surface area contributed by atoms with E-state index in [1.165, 1.54) is 16.3 Å². The molecule has 0 spiro atoms. The zero-order valence-corrected chi connectivity index (χ0v) is 13.8. The topological polar surface area (TPSA) is 33.2 Å². The Balaban J connectivity index is 1.62. The minimum Gasteiger partial charge on any atom is -0.342 e. The van der Waals surface area contributed by atoms with Crippen molar-refractivity contribution in [2.24, 2.45) is 5.92 Å². The molecule has 0 bridgehead atoms. The Labute approximate surface area is 131 Å². The van der Waals surface area contributed by atoms with Gasteiger partial charge in [0.25, 0.3) is 0 Å². The molecule has 0 aromatic carbocycles. The highest BCUT2D eigenvalue weighted by Gasteiger charge is 2.28. The number of carbonyl (C=O) groups excluding carboxylic acids is 1. The van der Waals surface area contributed by atoms with Crippen molar-refractivity contribution in [2.75, 3.05) is 13.1 Å². The van der Waals surface area contributed by atoms with Crippen molar-refractivity contribution in [1.29, 1.82) is 0 Å². The molecule has 0 saturated carbocycles. The Bertz CT molecular complexity index is 529. The van der Waals surface area contributed by atoms with E-state index in [0.29, 0.717) is 24.2 Å². The van der Waals surface area contributed by atoms with Gasteiger partial charge in [-0.2, -0.15) is 0 Å². The fourth-order valence-electron chi connectivity index (χ4n) is 3.30. The average molecular weight is 304 g/mol. The Morgan fingerprint density at radius 1 is 1.43 bits per heavy atom. The van der Waals surface area contributed by atoms with E-state index in [4.69, 9.17) is 4.98 Å². The lowest BCUT2D eigenvalue weighted by Crippen LogP contribution is -2.39. The zero-order chi connectivity index (χ0) is 14.8. The lowest BCUT2D eigenvalue weighted by Gasteiger charge is -2.32. The van der Waals surface area contributed by atoms with Gasteiger partial charge in [-0.1, -0.05) is 12.2 Å². The molecule has 1 saturated heterocycles. The molecule has 114 valence electrons. The molecule has 0 N–H and O–H groups in total. The van der Waals surface area contributed by atoms with Crippen molar-refractivity contribution in [3.63, 3.8) is 0 Å². The Kier molecular flexibility index (Phi) is 4.43. The molecular weight excluding hydrogens is 280 g/mol. The molecule has 2 heterocycles. The molecule has 2 aliphatic rings.